The fraction of sp³-hybridized carbons (Fsp3) is 0.818. The maximum Gasteiger partial charge on any atom is 0.195 e. The minimum atomic E-state index is 0.436. The lowest BCUT2D eigenvalue weighted by molar-refractivity contribution is 0.388. The molecule has 1 aromatic heterocycles. The predicted molar refractivity (Wildman–Crippen MR) is 63.6 cm³/mol. The second-order valence-corrected chi connectivity index (χ2v) is 5.27. The lowest BCUT2D eigenvalue weighted by Crippen LogP contribution is -2.15. The maximum absolute atomic E-state index is 5.33. The van der Waals surface area contributed by atoms with Gasteiger partial charge in [-0.25, -0.2) is 0 Å². The van der Waals surface area contributed by atoms with Crippen molar-refractivity contribution >= 4 is 12.2 Å². The van der Waals surface area contributed by atoms with Crippen LogP contribution in [0.1, 0.15) is 57.8 Å². The number of H-pyrrole nitrogens is 1. The van der Waals surface area contributed by atoms with Crippen molar-refractivity contribution in [3.8, 4) is 0 Å². The third-order valence-electron chi connectivity index (χ3n) is 3.40. The normalized spacial score (nSPS) is 26.4. The van der Waals surface area contributed by atoms with E-state index in [-0.39, 0.29) is 0 Å². The van der Waals surface area contributed by atoms with Gasteiger partial charge in [-0.05, 0) is 31.0 Å². The van der Waals surface area contributed by atoms with Gasteiger partial charge in [0.2, 0.25) is 0 Å². The molecule has 3 nitrogen and oxygen atoms in total. The highest BCUT2D eigenvalue weighted by Crippen LogP contribution is 2.36. The van der Waals surface area contributed by atoms with Crippen molar-refractivity contribution in [2.45, 2.75) is 52.0 Å². The highest BCUT2D eigenvalue weighted by Gasteiger charge is 2.28. The Balaban J connectivity index is 2.41. The summed E-state index contributed by atoms with van der Waals surface area (Å²) in [6, 6.07) is 0.564. The Labute approximate surface area is 95.9 Å². The third-order valence-corrected chi connectivity index (χ3v) is 3.68. The highest BCUT2D eigenvalue weighted by atomic mass is 32.1. The SMILES string of the molecule is CC(C)c1n[nH]c(=S)n1C1CCCC1C. The minimum absolute atomic E-state index is 0.436. The summed E-state index contributed by atoms with van der Waals surface area (Å²) in [5.74, 6) is 2.27. The molecule has 1 fully saturated rings. The van der Waals surface area contributed by atoms with Crippen LogP contribution in [-0.2, 0) is 0 Å². The number of nitrogens with zero attached hydrogens (tertiary/aromatic N) is 2. The molecule has 0 saturated heterocycles. The van der Waals surface area contributed by atoms with E-state index in [0.717, 1.165) is 16.5 Å². The molecule has 1 aliphatic rings. The van der Waals surface area contributed by atoms with E-state index in [0.29, 0.717) is 12.0 Å². The minimum Gasteiger partial charge on any atom is -0.301 e. The Hall–Kier alpha value is -0.640. The van der Waals surface area contributed by atoms with E-state index in [4.69, 9.17) is 12.2 Å². The molecule has 15 heavy (non-hydrogen) atoms. The van der Waals surface area contributed by atoms with Gasteiger partial charge < -0.3 is 4.57 Å². The molecule has 4 heteroatoms. The zero-order valence-corrected chi connectivity index (χ0v) is 10.5. The highest BCUT2D eigenvalue weighted by molar-refractivity contribution is 7.71. The van der Waals surface area contributed by atoms with Gasteiger partial charge in [-0.2, -0.15) is 5.10 Å². The molecule has 1 saturated carbocycles. The van der Waals surface area contributed by atoms with Gasteiger partial charge >= 0.3 is 0 Å². The molecular weight excluding hydrogens is 206 g/mol. The first kappa shape index (κ1) is 10.9. The van der Waals surface area contributed by atoms with Gasteiger partial charge in [0.15, 0.2) is 4.77 Å². The monoisotopic (exact) mass is 225 g/mol. The molecule has 0 amide bonds. The van der Waals surface area contributed by atoms with E-state index >= 15 is 0 Å². The molecule has 1 aromatic rings. The van der Waals surface area contributed by atoms with Gasteiger partial charge in [-0.3, -0.25) is 5.10 Å². The smallest absolute Gasteiger partial charge is 0.195 e. The van der Waals surface area contributed by atoms with E-state index < -0.39 is 0 Å². The Morgan fingerprint density at radius 1 is 1.47 bits per heavy atom. The van der Waals surface area contributed by atoms with Crippen LogP contribution in [0.5, 0.6) is 0 Å². The molecule has 1 N–H and O–H groups in total. The standard InChI is InChI=1S/C11H19N3S/c1-7(2)10-12-13-11(15)14(10)9-6-4-5-8(9)3/h7-9H,4-6H2,1-3H3,(H,13,15). The van der Waals surface area contributed by atoms with E-state index in [2.05, 4.69) is 35.5 Å². The van der Waals surface area contributed by atoms with Crippen molar-refractivity contribution in [3.05, 3.63) is 10.6 Å². The molecule has 1 aliphatic carbocycles. The molecule has 0 bridgehead atoms. The number of hydrogen-bond donors (Lipinski definition) is 1. The van der Waals surface area contributed by atoms with Gasteiger partial charge in [-0.1, -0.05) is 27.2 Å². The molecule has 2 unspecified atom stereocenters. The molecule has 0 radical (unpaired) electrons. The Kier molecular flexibility index (Phi) is 2.96. The second kappa shape index (κ2) is 4.08. The molecule has 2 atom stereocenters. The Morgan fingerprint density at radius 2 is 2.20 bits per heavy atom. The lowest BCUT2D eigenvalue weighted by atomic mass is 10.1. The number of rotatable bonds is 2. The van der Waals surface area contributed by atoms with Gasteiger partial charge in [0.1, 0.15) is 5.82 Å². The summed E-state index contributed by atoms with van der Waals surface area (Å²) in [5, 5.41) is 7.27. The number of hydrogen-bond acceptors (Lipinski definition) is 2. The summed E-state index contributed by atoms with van der Waals surface area (Å²) in [5.41, 5.74) is 0. The van der Waals surface area contributed by atoms with Crippen molar-refractivity contribution in [2.24, 2.45) is 5.92 Å². The van der Waals surface area contributed by atoms with E-state index in [9.17, 15) is 0 Å². The molecule has 0 aromatic carbocycles. The second-order valence-electron chi connectivity index (χ2n) is 4.89. The van der Waals surface area contributed by atoms with Crippen LogP contribution >= 0.6 is 12.2 Å². The van der Waals surface area contributed by atoms with Gasteiger partial charge in [0, 0.05) is 12.0 Å². The van der Waals surface area contributed by atoms with Crippen molar-refractivity contribution in [2.75, 3.05) is 0 Å². The van der Waals surface area contributed by atoms with Crippen molar-refractivity contribution in [3.63, 3.8) is 0 Å². The first-order valence-corrected chi connectivity index (χ1v) is 6.19. The maximum atomic E-state index is 5.33. The van der Waals surface area contributed by atoms with Crippen molar-refractivity contribution in [1.29, 1.82) is 0 Å². The summed E-state index contributed by atoms with van der Waals surface area (Å²) in [6.45, 7) is 6.65. The molecule has 0 spiro atoms. The van der Waals surface area contributed by atoms with E-state index in [1.807, 2.05) is 0 Å². The van der Waals surface area contributed by atoms with Crippen LogP contribution in [0, 0.1) is 10.7 Å². The fourth-order valence-corrected chi connectivity index (χ4v) is 2.83. The summed E-state index contributed by atoms with van der Waals surface area (Å²) in [6.07, 6.45) is 3.88. The molecule has 2 rings (SSSR count). The molecule has 0 aliphatic heterocycles. The van der Waals surface area contributed by atoms with Gasteiger partial charge in [0.05, 0.1) is 0 Å². The third kappa shape index (κ3) is 1.87. The van der Waals surface area contributed by atoms with Crippen LogP contribution in [-0.4, -0.2) is 14.8 Å². The molecule has 84 valence electrons. The fourth-order valence-electron chi connectivity index (χ4n) is 2.55. The van der Waals surface area contributed by atoms with Crippen LogP contribution < -0.4 is 0 Å². The average Bonchev–Trinajstić information content (AvgIpc) is 2.71. The quantitative estimate of drug-likeness (QED) is 0.782. The van der Waals surface area contributed by atoms with Crippen LogP contribution in [0.15, 0.2) is 0 Å². The summed E-state index contributed by atoms with van der Waals surface area (Å²) in [7, 11) is 0. The van der Waals surface area contributed by atoms with Crippen molar-refractivity contribution < 1.29 is 0 Å². The van der Waals surface area contributed by atoms with Crippen LogP contribution in [0.4, 0.5) is 0 Å². The summed E-state index contributed by atoms with van der Waals surface area (Å²) >= 11 is 5.33. The predicted octanol–water partition coefficient (Wildman–Crippen LogP) is 3.43. The Morgan fingerprint density at radius 3 is 2.73 bits per heavy atom. The summed E-state index contributed by atoms with van der Waals surface area (Å²) < 4.78 is 3.04. The molecular formula is C11H19N3S. The van der Waals surface area contributed by atoms with E-state index in [1.54, 1.807) is 0 Å². The van der Waals surface area contributed by atoms with E-state index in [1.165, 1.54) is 19.3 Å². The van der Waals surface area contributed by atoms with Crippen LogP contribution in [0.3, 0.4) is 0 Å². The van der Waals surface area contributed by atoms with Gasteiger partial charge in [-0.15, -0.1) is 0 Å². The van der Waals surface area contributed by atoms with Crippen molar-refractivity contribution in [1.82, 2.24) is 14.8 Å². The van der Waals surface area contributed by atoms with Gasteiger partial charge in [0.25, 0.3) is 0 Å². The number of aromatic nitrogens is 3. The largest absolute Gasteiger partial charge is 0.301 e. The zero-order chi connectivity index (χ0) is 11.0. The lowest BCUT2D eigenvalue weighted by Gasteiger charge is -2.20. The number of nitrogens with one attached hydrogen (secondary N) is 1. The topological polar surface area (TPSA) is 33.6 Å². The van der Waals surface area contributed by atoms with Crippen LogP contribution in [0.25, 0.3) is 0 Å². The zero-order valence-electron chi connectivity index (χ0n) is 9.66. The number of aromatic amines is 1. The van der Waals surface area contributed by atoms with Crippen LogP contribution in [0.2, 0.25) is 0 Å². The first-order chi connectivity index (χ1) is 7.11. The Bertz CT molecular complexity index is 391. The molecule has 1 heterocycles. The first-order valence-electron chi connectivity index (χ1n) is 5.78. The summed E-state index contributed by atoms with van der Waals surface area (Å²) in [4.78, 5) is 0. The average molecular weight is 225 g/mol.